The number of aryl methyl sites for hydroxylation is 1. The van der Waals surface area contributed by atoms with Crippen molar-refractivity contribution < 1.29 is 10.0 Å². The molecule has 1 aromatic heterocycles. The lowest BCUT2D eigenvalue weighted by molar-refractivity contribution is -0.385. The Kier molecular flexibility index (Phi) is 3.74. The van der Waals surface area contributed by atoms with Crippen LogP contribution in [0.4, 0.5) is 5.69 Å². The molecule has 1 aromatic rings. The van der Waals surface area contributed by atoms with Gasteiger partial charge in [-0.15, -0.1) is 0 Å². The average molecular weight is 210 g/mol. The predicted molar refractivity (Wildman–Crippen MR) is 55.6 cm³/mol. The van der Waals surface area contributed by atoms with Crippen LogP contribution >= 0.6 is 0 Å². The third kappa shape index (κ3) is 2.99. The van der Waals surface area contributed by atoms with Gasteiger partial charge in [-0.25, -0.2) is 0 Å². The molecule has 5 heteroatoms. The summed E-state index contributed by atoms with van der Waals surface area (Å²) in [7, 11) is 0. The lowest BCUT2D eigenvalue weighted by atomic mass is 10.1. The predicted octanol–water partition coefficient (Wildman–Crippen LogP) is 1.61. The van der Waals surface area contributed by atoms with Crippen LogP contribution in [0.15, 0.2) is 12.3 Å². The number of nitrogens with zero attached hydrogens (tertiary/aromatic N) is 2. The van der Waals surface area contributed by atoms with E-state index < -0.39 is 11.0 Å². The van der Waals surface area contributed by atoms with E-state index in [4.69, 9.17) is 0 Å². The minimum Gasteiger partial charge on any atom is -0.393 e. The zero-order chi connectivity index (χ0) is 11.4. The Morgan fingerprint density at radius 1 is 1.67 bits per heavy atom. The molecule has 0 bridgehead atoms. The van der Waals surface area contributed by atoms with E-state index in [0.29, 0.717) is 24.1 Å². The Labute approximate surface area is 87.9 Å². The van der Waals surface area contributed by atoms with Gasteiger partial charge in [0.1, 0.15) is 6.20 Å². The summed E-state index contributed by atoms with van der Waals surface area (Å²) < 4.78 is 0. The molecule has 1 N–H and O–H groups in total. The van der Waals surface area contributed by atoms with Gasteiger partial charge in [-0.2, -0.15) is 0 Å². The van der Waals surface area contributed by atoms with Gasteiger partial charge in [0.15, 0.2) is 0 Å². The highest BCUT2D eigenvalue weighted by Crippen LogP contribution is 2.17. The van der Waals surface area contributed by atoms with E-state index in [1.54, 1.807) is 13.0 Å². The number of rotatable bonds is 4. The second kappa shape index (κ2) is 4.84. The summed E-state index contributed by atoms with van der Waals surface area (Å²) in [6.07, 6.45) is 1.90. The van der Waals surface area contributed by atoms with Gasteiger partial charge in [0.25, 0.3) is 5.69 Å². The van der Waals surface area contributed by atoms with Crippen LogP contribution in [0.5, 0.6) is 0 Å². The number of nitro groups is 1. The van der Waals surface area contributed by atoms with Crippen molar-refractivity contribution in [2.24, 2.45) is 0 Å². The van der Waals surface area contributed by atoms with Gasteiger partial charge in [0.2, 0.25) is 0 Å². The lowest BCUT2D eigenvalue weighted by Gasteiger charge is -2.07. The van der Waals surface area contributed by atoms with Gasteiger partial charge in [-0.05, 0) is 19.4 Å². The molecule has 0 radical (unpaired) electrons. The van der Waals surface area contributed by atoms with E-state index in [1.165, 1.54) is 6.20 Å². The topological polar surface area (TPSA) is 76.3 Å². The normalized spacial score (nSPS) is 12.5. The molecular weight excluding hydrogens is 196 g/mol. The van der Waals surface area contributed by atoms with Gasteiger partial charge >= 0.3 is 0 Å². The maximum atomic E-state index is 10.5. The first kappa shape index (κ1) is 11.6. The number of aromatic nitrogens is 1. The van der Waals surface area contributed by atoms with Gasteiger partial charge < -0.3 is 5.11 Å². The minimum absolute atomic E-state index is 0.0183. The average Bonchev–Trinajstić information content (AvgIpc) is 2.17. The number of hydrogen-bond donors (Lipinski definition) is 1. The second-order valence-electron chi connectivity index (χ2n) is 3.49. The Bertz CT molecular complexity index is 366. The molecule has 0 aliphatic carbocycles. The Hall–Kier alpha value is -1.49. The fraction of sp³-hybridized carbons (Fsp3) is 0.500. The maximum Gasteiger partial charge on any atom is 0.290 e. The third-order valence-corrected chi connectivity index (χ3v) is 2.25. The van der Waals surface area contributed by atoms with Crippen LogP contribution in [0.2, 0.25) is 0 Å². The third-order valence-electron chi connectivity index (χ3n) is 2.25. The molecule has 5 nitrogen and oxygen atoms in total. The summed E-state index contributed by atoms with van der Waals surface area (Å²) in [5, 5.41) is 19.9. The van der Waals surface area contributed by atoms with Crippen molar-refractivity contribution in [1.29, 1.82) is 0 Å². The monoisotopic (exact) mass is 210 g/mol. The van der Waals surface area contributed by atoms with Crippen LogP contribution in [0.25, 0.3) is 0 Å². The highest BCUT2D eigenvalue weighted by molar-refractivity contribution is 5.37. The first-order valence-corrected chi connectivity index (χ1v) is 4.82. The van der Waals surface area contributed by atoms with Crippen LogP contribution in [-0.2, 0) is 6.42 Å². The van der Waals surface area contributed by atoms with E-state index >= 15 is 0 Å². The molecule has 0 aliphatic rings. The molecule has 15 heavy (non-hydrogen) atoms. The molecular formula is C10H14N2O3. The van der Waals surface area contributed by atoms with Crippen molar-refractivity contribution in [2.45, 2.75) is 32.8 Å². The lowest BCUT2D eigenvalue weighted by Crippen LogP contribution is -2.10. The summed E-state index contributed by atoms with van der Waals surface area (Å²) in [6, 6.07) is 1.65. The van der Waals surface area contributed by atoms with Gasteiger partial charge in [0, 0.05) is 17.7 Å². The first-order chi connectivity index (χ1) is 7.04. The van der Waals surface area contributed by atoms with Gasteiger partial charge in [-0.1, -0.05) is 6.92 Å². The van der Waals surface area contributed by atoms with Crippen LogP contribution in [0.1, 0.15) is 24.6 Å². The summed E-state index contributed by atoms with van der Waals surface area (Å²) in [5.74, 6) is 0. The Balaban J connectivity index is 2.87. The van der Waals surface area contributed by atoms with E-state index in [-0.39, 0.29) is 5.69 Å². The fourth-order valence-electron chi connectivity index (χ4n) is 1.30. The Morgan fingerprint density at radius 2 is 2.33 bits per heavy atom. The van der Waals surface area contributed by atoms with E-state index in [0.717, 1.165) is 0 Å². The van der Waals surface area contributed by atoms with Gasteiger partial charge in [0.05, 0.1) is 11.0 Å². The van der Waals surface area contributed by atoms with Crippen molar-refractivity contribution in [2.75, 3.05) is 0 Å². The number of aliphatic hydroxyl groups is 1. The molecule has 0 aromatic carbocycles. The van der Waals surface area contributed by atoms with E-state index in [1.807, 2.05) is 6.92 Å². The van der Waals surface area contributed by atoms with E-state index in [2.05, 4.69) is 4.98 Å². The van der Waals surface area contributed by atoms with Crippen molar-refractivity contribution in [3.05, 3.63) is 33.6 Å². The second-order valence-corrected chi connectivity index (χ2v) is 3.49. The fourth-order valence-corrected chi connectivity index (χ4v) is 1.30. The van der Waals surface area contributed by atoms with Crippen LogP contribution in [0.3, 0.4) is 0 Å². The smallest absolute Gasteiger partial charge is 0.290 e. The standard InChI is InChI=1S/C10H14N2O3/c1-3-9(13)5-8-4-7(2)10(6-11-8)12(14)15/h4,6,9,13H,3,5H2,1-2H3. The summed E-state index contributed by atoms with van der Waals surface area (Å²) in [5.41, 5.74) is 1.28. The highest BCUT2D eigenvalue weighted by atomic mass is 16.6. The molecule has 0 saturated heterocycles. The van der Waals surface area contributed by atoms with Crippen molar-refractivity contribution in [3.8, 4) is 0 Å². The molecule has 0 spiro atoms. The van der Waals surface area contributed by atoms with Crippen molar-refractivity contribution in [3.63, 3.8) is 0 Å². The summed E-state index contributed by atoms with van der Waals surface area (Å²) in [4.78, 5) is 14.0. The van der Waals surface area contributed by atoms with Crippen LogP contribution in [-0.4, -0.2) is 21.1 Å². The molecule has 0 fully saturated rings. The first-order valence-electron chi connectivity index (χ1n) is 4.82. The summed E-state index contributed by atoms with van der Waals surface area (Å²) in [6.45, 7) is 3.55. The quantitative estimate of drug-likeness (QED) is 0.605. The van der Waals surface area contributed by atoms with Crippen LogP contribution < -0.4 is 0 Å². The number of hydrogen-bond acceptors (Lipinski definition) is 4. The Morgan fingerprint density at radius 3 is 2.80 bits per heavy atom. The number of aliphatic hydroxyl groups excluding tert-OH is 1. The maximum absolute atomic E-state index is 10.5. The molecule has 1 heterocycles. The number of pyridine rings is 1. The minimum atomic E-state index is -0.456. The summed E-state index contributed by atoms with van der Waals surface area (Å²) >= 11 is 0. The molecule has 0 saturated carbocycles. The van der Waals surface area contributed by atoms with Crippen molar-refractivity contribution >= 4 is 5.69 Å². The van der Waals surface area contributed by atoms with Crippen LogP contribution in [0, 0.1) is 17.0 Å². The van der Waals surface area contributed by atoms with E-state index in [9.17, 15) is 15.2 Å². The van der Waals surface area contributed by atoms with Gasteiger partial charge in [-0.3, -0.25) is 15.1 Å². The molecule has 82 valence electrons. The van der Waals surface area contributed by atoms with Crippen molar-refractivity contribution in [1.82, 2.24) is 4.98 Å². The zero-order valence-corrected chi connectivity index (χ0v) is 8.80. The molecule has 0 amide bonds. The molecule has 1 rings (SSSR count). The molecule has 1 atom stereocenters. The largest absolute Gasteiger partial charge is 0.393 e. The highest BCUT2D eigenvalue weighted by Gasteiger charge is 2.12. The zero-order valence-electron chi connectivity index (χ0n) is 8.80. The molecule has 0 aliphatic heterocycles. The molecule has 1 unspecified atom stereocenters. The SMILES string of the molecule is CCC(O)Cc1cc(C)c([N+](=O)[O-])cn1.